The first-order valence-corrected chi connectivity index (χ1v) is 13.2. The summed E-state index contributed by atoms with van der Waals surface area (Å²) in [6.45, 7) is 2.11. The van der Waals surface area contributed by atoms with Gasteiger partial charge in [-0.1, -0.05) is 35.9 Å². The third-order valence-corrected chi connectivity index (χ3v) is 7.57. The number of fused-ring (bicyclic) bond motifs is 1. The fourth-order valence-electron chi connectivity index (χ4n) is 5.13. The minimum atomic E-state index is -0.581. The SMILES string of the molecule is Cn1c(=O)c(-c2ccc(-c3cccnc3F)cc2Cl)cc2cnc(Nc3ccc(C4CCNCC4)cc3)nc21. The number of hydrogen-bond acceptors (Lipinski definition) is 6. The van der Waals surface area contributed by atoms with Crippen molar-refractivity contribution in [1.29, 1.82) is 0 Å². The minimum absolute atomic E-state index is 0.249. The van der Waals surface area contributed by atoms with Crippen LogP contribution in [0, 0.1) is 5.95 Å². The van der Waals surface area contributed by atoms with Crippen molar-refractivity contribution in [2.75, 3.05) is 18.4 Å². The summed E-state index contributed by atoms with van der Waals surface area (Å²) in [6.07, 6.45) is 5.37. The van der Waals surface area contributed by atoms with Crippen LogP contribution >= 0.6 is 11.6 Å². The van der Waals surface area contributed by atoms with Crippen molar-refractivity contribution < 1.29 is 4.39 Å². The van der Waals surface area contributed by atoms with Crippen LogP contribution in [-0.2, 0) is 7.05 Å². The quantitative estimate of drug-likeness (QED) is 0.264. The van der Waals surface area contributed by atoms with E-state index < -0.39 is 5.95 Å². The van der Waals surface area contributed by atoms with Crippen LogP contribution in [0.1, 0.15) is 24.3 Å². The van der Waals surface area contributed by atoms with Crippen molar-refractivity contribution >= 4 is 34.3 Å². The number of nitrogens with one attached hydrogen (secondary N) is 2. The number of pyridine rings is 2. The van der Waals surface area contributed by atoms with Gasteiger partial charge in [0.15, 0.2) is 0 Å². The van der Waals surface area contributed by atoms with Gasteiger partial charge >= 0.3 is 0 Å². The van der Waals surface area contributed by atoms with Crippen molar-refractivity contribution in [1.82, 2.24) is 24.8 Å². The molecular formula is C30H26ClFN6O. The summed E-state index contributed by atoms with van der Waals surface area (Å²) >= 11 is 6.58. The molecule has 1 fully saturated rings. The highest BCUT2D eigenvalue weighted by atomic mass is 35.5. The van der Waals surface area contributed by atoms with E-state index in [0.717, 1.165) is 31.6 Å². The summed E-state index contributed by atoms with van der Waals surface area (Å²) in [4.78, 5) is 26.1. The van der Waals surface area contributed by atoms with E-state index in [4.69, 9.17) is 11.6 Å². The van der Waals surface area contributed by atoms with E-state index in [1.807, 2.05) is 12.1 Å². The fourth-order valence-corrected chi connectivity index (χ4v) is 5.41. The van der Waals surface area contributed by atoms with Gasteiger partial charge in [-0.3, -0.25) is 9.36 Å². The molecule has 39 heavy (non-hydrogen) atoms. The smallest absolute Gasteiger partial charge is 0.259 e. The Morgan fingerprint density at radius 3 is 2.54 bits per heavy atom. The number of aromatic nitrogens is 4. The zero-order valence-electron chi connectivity index (χ0n) is 21.3. The van der Waals surface area contributed by atoms with Crippen LogP contribution in [-0.4, -0.2) is 32.6 Å². The van der Waals surface area contributed by atoms with E-state index >= 15 is 0 Å². The number of nitrogens with zero attached hydrogens (tertiary/aromatic N) is 4. The van der Waals surface area contributed by atoms with E-state index in [0.29, 0.717) is 50.2 Å². The molecule has 7 nitrogen and oxygen atoms in total. The number of piperidine rings is 1. The average Bonchev–Trinajstić information content (AvgIpc) is 2.96. The summed E-state index contributed by atoms with van der Waals surface area (Å²) < 4.78 is 15.6. The van der Waals surface area contributed by atoms with E-state index in [1.165, 1.54) is 16.3 Å². The average molecular weight is 541 g/mol. The summed E-state index contributed by atoms with van der Waals surface area (Å²) in [7, 11) is 1.67. The largest absolute Gasteiger partial charge is 0.324 e. The van der Waals surface area contributed by atoms with Gasteiger partial charge in [-0.25, -0.2) is 9.97 Å². The van der Waals surface area contributed by atoms with Gasteiger partial charge in [0.2, 0.25) is 11.9 Å². The maximum atomic E-state index is 14.2. The van der Waals surface area contributed by atoms with Crippen LogP contribution in [0.3, 0.4) is 0 Å². The maximum Gasteiger partial charge on any atom is 0.259 e. The molecule has 4 heterocycles. The molecular weight excluding hydrogens is 515 g/mol. The molecule has 0 unspecified atom stereocenters. The Labute approximate surface area is 229 Å². The lowest BCUT2D eigenvalue weighted by atomic mass is 9.90. The second-order valence-corrected chi connectivity index (χ2v) is 10.1. The maximum absolute atomic E-state index is 14.2. The number of benzene rings is 2. The van der Waals surface area contributed by atoms with Crippen molar-refractivity contribution in [2.24, 2.45) is 7.05 Å². The van der Waals surface area contributed by atoms with Gasteiger partial charge in [0, 0.05) is 52.2 Å². The predicted molar refractivity (Wildman–Crippen MR) is 153 cm³/mol. The molecule has 0 radical (unpaired) electrons. The van der Waals surface area contributed by atoms with Crippen LogP contribution in [0.5, 0.6) is 0 Å². The van der Waals surface area contributed by atoms with Gasteiger partial charge in [-0.15, -0.1) is 0 Å². The lowest BCUT2D eigenvalue weighted by molar-refractivity contribution is 0.460. The molecule has 0 bridgehead atoms. The first-order valence-electron chi connectivity index (χ1n) is 12.8. The van der Waals surface area contributed by atoms with Crippen molar-refractivity contribution in [2.45, 2.75) is 18.8 Å². The number of halogens is 2. The van der Waals surface area contributed by atoms with Gasteiger partial charge in [-0.05, 0) is 79.4 Å². The van der Waals surface area contributed by atoms with Gasteiger partial charge in [0.05, 0.1) is 0 Å². The molecule has 196 valence electrons. The summed E-state index contributed by atoms with van der Waals surface area (Å²) in [5, 5.41) is 7.68. The zero-order valence-corrected chi connectivity index (χ0v) is 22.0. The second-order valence-electron chi connectivity index (χ2n) is 9.70. The van der Waals surface area contributed by atoms with Crippen molar-refractivity contribution in [3.05, 3.63) is 99.9 Å². The van der Waals surface area contributed by atoms with Crippen LogP contribution in [0.15, 0.2) is 77.9 Å². The lowest BCUT2D eigenvalue weighted by Gasteiger charge is -2.23. The first kappa shape index (κ1) is 25.2. The molecule has 9 heteroatoms. The van der Waals surface area contributed by atoms with Crippen LogP contribution in [0.2, 0.25) is 5.02 Å². The number of anilines is 2. The minimum Gasteiger partial charge on any atom is -0.324 e. The van der Waals surface area contributed by atoms with Gasteiger partial charge in [-0.2, -0.15) is 9.37 Å². The molecule has 5 aromatic rings. The highest BCUT2D eigenvalue weighted by molar-refractivity contribution is 6.33. The predicted octanol–water partition coefficient (Wildman–Crippen LogP) is 6.06. The molecule has 0 amide bonds. The van der Waals surface area contributed by atoms with E-state index in [1.54, 1.807) is 49.6 Å². The van der Waals surface area contributed by atoms with Crippen LogP contribution in [0.4, 0.5) is 16.0 Å². The third-order valence-electron chi connectivity index (χ3n) is 7.26. The molecule has 1 aliphatic rings. The van der Waals surface area contributed by atoms with Gasteiger partial charge < -0.3 is 10.6 Å². The molecule has 3 aromatic heterocycles. The topological polar surface area (TPSA) is 84.7 Å². The van der Waals surface area contributed by atoms with E-state index in [9.17, 15) is 9.18 Å². The normalized spacial score (nSPS) is 14.0. The molecule has 2 N–H and O–H groups in total. The third kappa shape index (κ3) is 5.01. The molecule has 0 saturated carbocycles. The van der Waals surface area contributed by atoms with E-state index in [-0.39, 0.29) is 5.56 Å². The molecule has 0 atom stereocenters. The Balaban J connectivity index is 1.28. The Morgan fingerprint density at radius 2 is 1.79 bits per heavy atom. The Bertz CT molecular complexity index is 1730. The zero-order chi connectivity index (χ0) is 26.9. The molecule has 6 rings (SSSR count). The van der Waals surface area contributed by atoms with E-state index in [2.05, 4.69) is 37.7 Å². The van der Waals surface area contributed by atoms with Crippen LogP contribution < -0.4 is 16.2 Å². The van der Waals surface area contributed by atoms with Gasteiger partial charge in [0.25, 0.3) is 5.56 Å². The Morgan fingerprint density at radius 1 is 1.00 bits per heavy atom. The summed E-state index contributed by atoms with van der Waals surface area (Å²) in [5.74, 6) is 0.408. The standard InChI is InChI=1S/C30H26ClFN6O/c1-38-28-21(17-35-30(37-28)36-22-7-4-18(5-8-22)19-10-13-33-14-11-19)15-25(29(38)39)24-9-6-20(16-26(24)31)23-3-2-12-34-27(23)32/h2-9,12,15-17,19,33H,10-11,13-14H2,1H3,(H,35,36,37). The molecule has 1 aliphatic heterocycles. The number of hydrogen-bond donors (Lipinski definition) is 2. The highest BCUT2D eigenvalue weighted by Crippen LogP contribution is 2.33. The number of rotatable bonds is 5. The fraction of sp³-hybridized carbons (Fsp3) is 0.200. The van der Waals surface area contributed by atoms with Crippen molar-refractivity contribution in [3.8, 4) is 22.3 Å². The van der Waals surface area contributed by atoms with Crippen LogP contribution in [0.25, 0.3) is 33.3 Å². The Hall–Kier alpha value is -4.14. The monoisotopic (exact) mass is 540 g/mol. The second kappa shape index (κ2) is 10.6. The summed E-state index contributed by atoms with van der Waals surface area (Å²) in [5.41, 5.74) is 4.34. The molecule has 2 aromatic carbocycles. The van der Waals surface area contributed by atoms with Gasteiger partial charge in [0.1, 0.15) is 5.65 Å². The van der Waals surface area contributed by atoms with Crippen molar-refractivity contribution in [3.63, 3.8) is 0 Å². The number of aryl methyl sites for hydroxylation is 1. The first-order chi connectivity index (χ1) is 19.0. The lowest BCUT2D eigenvalue weighted by Crippen LogP contribution is -2.26. The molecule has 1 saturated heterocycles. The molecule has 0 spiro atoms. The molecule has 0 aliphatic carbocycles. The Kier molecular flexibility index (Phi) is 6.81. The highest BCUT2D eigenvalue weighted by Gasteiger charge is 2.17. The summed E-state index contributed by atoms with van der Waals surface area (Å²) in [6, 6.07) is 18.5.